The van der Waals surface area contributed by atoms with Crippen LogP contribution < -0.4 is 10.1 Å². The van der Waals surface area contributed by atoms with Crippen molar-refractivity contribution in [2.24, 2.45) is 0 Å². The number of anilines is 1. The molecular formula is C20H17ClN2O2. The van der Waals surface area contributed by atoms with Gasteiger partial charge in [0.15, 0.2) is 0 Å². The number of amides is 1. The van der Waals surface area contributed by atoms with Crippen molar-refractivity contribution in [1.29, 1.82) is 5.26 Å². The van der Waals surface area contributed by atoms with Crippen molar-refractivity contribution >= 4 is 29.3 Å². The van der Waals surface area contributed by atoms with Gasteiger partial charge >= 0.3 is 0 Å². The molecule has 0 bridgehead atoms. The van der Waals surface area contributed by atoms with E-state index in [1.807, 2.05) is 13.0 Å². The van der Waals surface area contributed by atoms with Crippen LogP contribution in [0, 0.1) is 18.3 Å². The Balaban J connectivity index is 2.18. The van der Waals surface area contributed by atoms with Gasteiger partial charge in [-0.2, -0.15) is 5.26 Å². The average Bonchev–Trinajstić information content (AvgIpc) is 2.61. The summed E-state index contributed by atoms with van der Waals surface area (Å²) in [7, 11) is 0. The maximum Gasteiger partial charge on any atom is 0.266 e. The predicted molar refractivity (Wildman–Crippen MR) is 101 cm³/mol. The number of aryl methyl sites for hydroxylation is 1. The van der Waals surface area contributed by atoms with E-state index in [-0.39, 0.29) is 5.57 Å². The van der Waals surface area contributed by atoms with Crippen molar-refractivity contribution in [2.45, 2.75) is 6.92 Å². The fourth-order valence-electron chi connectivity index (χ4n) is 2.03. The Bertz CT molecular complexity index is 866. The fourth-order valence-corrected chi connectivity index (χ4v) is 2.21. The van der Waals surface area contributed by atoms with Crippen molar-refractivity contribution in [2.75, 3.05) is 11.9 Å². The number of hydrogen-bond donors (Lipinski definition) is 1. The number of carbonyl (C=O) groups is 1. The van der Waals surface area contributed by atoms with E-state index in [1.165, 1.54) is 6.08 Å². The number of nitrogens with zero attached hydrogens (tertiary/aromatic N) is 1. The summed E-state index contributed by atoms with van der Waals surface area (Å²) in [6, 6.07) is 14.2. The van der Waals surface area contributed by atoms with Gasteiger partial charge in [-0.3, -0.25) is 4.79 Å². The lowest BCUT2D eigenvalue weighted by Crippen LogP contribution is -2.13. The van der Waals surface area contributed by atoms with Crippen molar-refractivity contribution in [1.82, 2.24) is 0 Å². The minimum atomic E-state index is -0.500. The van der Waals surface area contributed by atoms with Gasteiger partial charge in [0, 0.05) is 10.7 Å². The minimum Gasteiger partial charge on any atom is -0.490 e. The second kappa shape index (κ2) is 8.72. The number of halogens is 1. The number of ether oxygens (including phenoxy) is 1. The fraction of sp³-hybridized carbons (Fsp3) is 0.100. The number of nitriles is 1. The molecule has 0 fully saturated rings. The lowest BCUT2D eigenvalue weighted by molar-refractivity contribution is -0.112. The van der Waals surface area contributed by atoms with E-state index in [9.17, 15) is 10.1 Å². The van der Waals surface area contributed by atoms with E-state index in [0.717, 1.165) is 5.56 Å². The van der Waals surface area contributed by atoms with Crippen molar-refractivity contribution < 1.29 is 9.53 Å². The summed E-state index contributed by atoms with van der Waals surface area (Å²) >= 11 is 6.05. The van der Waals surface area contributed by atoms with Gasteiger partial charge in [-0.05, 0) is 48.4 Å². The standard InChI is InChI=1S/C20H17ClN2O2/c1-3-9-25-18-6-4-5-15(11-18)10-16(13-22)20(24)23-17-8-7-14(2)19(21)12-17/h3-8,10-12H,1,9H2,2H3,(H,23,24)/b16-10-. The van der Waals surface area contributed by atoms with Gasteiger partial charge in [0.25, 0.3) is 5.91 Å². The van der Waals surface area contributed by atoms with E-state index in [2.05, 4.69) is 11.9 Å². The Hall–Kier alpha value is -3.03. The highest BCUT2D eigenvalue weighted by atomic mass is 35.5. The Kier molecular flexibility index (Phi) is 6.39. The van der Waals surface area contributed by atoms with E-state index in [1.54, 1.807) is 48.5 Å². The van der Waals surface area contributed by atoms with Gasteiger partial charge in [-0.1, -0.05) is 42.5 Å². The molecule has 0 aliphatic carbocycles. The molecule has 0 aliphatic heterocycles. The molecule has 0 aromatic heterocycles. The highest BCUT2D eigenvalue weighted by Gasteiger charge is 2.10. The van der Waals surface area contributed by atoms with Gasteiger partial charge in [0.05, 0.1) is 0 Å². The molecule has 0 spiro atoms. The number of rotatable bonds is 6. The van der Waals surface area contributed by atoms with Crippen LogP contribution in [0.25, 0.3) is 6.08 Å². The van der Waals surface area contributed by atoms with Crippen molar-refractivity contribution in [3.8, 4) is 11.8 Å². The molecule has 2 aromatic rings. The third kappa shape index (κ3) is 5.23. The van der Waals surface area contributed by atoms with Crippen LogP contribution in [0.15, 0.2) is 60.7 Å². The average molecular weight is 353 g/mol. The molecule has 0 unspecified atom stereocenters. The monoisotopic (exact) mass is 352 g/mol. The van der Waals surface area contributed by atoms with Gasteiger partial charge in [-0.15, -0.1) is 0 Å². The number of benzene rings is 2. The SMILES string of the molecule is C=CCOc1cccc(/C=C(/C#N)C(=O)Nc2ccc(C)c(Cl)c2)c1. The zero-order chi connectivity index (χ0) is 18.2. The molecule has 0 saturated carbocycles. The van der Waals surface area contributed by atoms with E-state index < -0.39 is 5.91 Å². The molecule has 0 heterocycles. The first-order valence-electron chi connectivity index (χ1n) is 7.56. The number of carbonyl (C=O) groups excluding carboxylic acids is 1. The van der Waals surface area contributed by atoms with Gasteiger partial charge in [0.1, 0.15) is 24.0 Å². The quantitative estimate of drug-likeness (QED) is 0.463. The molecule has 0 saturated heterocycles. The third-order valence-electron chi connectivity index (χ3n) is 3.33. The molecule has 0 radical (unpaired) electrons. The second-order valence-corrected chi connectivity index (χ2v) is 5.67. The number of hydrogen-bond acceptors (Lipinski definition) is 3. The summed E-state index contributed by atoms with van der Waals surface area (Å²) in [5.74, 6) is 0.136. The predicted octanol–water partition coefficient (Wildman–Crippen LogP) is 4.76. The molecule has 4 nitrogen and oxygen atoms in total. The van der Waals surface area contributed by atoms with Crippen molar-refractivity contribution in [3.63, 3.8) is 0 Å². The smallest absolute Gasteiger partial charge is 0.266 e. The zero-order valence-corrected chi connectivity index (χ0v) is 14.5. The highest BCUT2D eigenvalue weighted by Crippen LogP contribution is 2.21. The van der Waals surface area contributed by atoms with Crippen LogP contribution in [0.3, 0.4) is 0 Å². The first kappa shape index (κ1) is 18.3. The molecule has 0 atom stereocenters. The summed E-state index contributed by atoms with van der Waals surface area (Å²) < 4.78 is 5.45. The zero-order valence-electron chi connectivity index (χ0n) is 13.8. The Morgan fingerprint density at radius 1 is 1.36 bits per heavy atom. The summed E-state index contributed by atoms with van der Waals surface area (Å²) in [5.41, 5.74) is 2.12. The van der Waals surface area contributed by atoms with E-state index >= 15 is 0 Å². The molecule has 5 heteroatoms. The Morgan fingerprint density at radius 3 is 2.84 bits per heavy atom. The van der Waals surface area contributed by atoms with E-state index in [4.69, 9.17) is 16.3 Å². The van der Waals surface area contributed by atoms with Gasteiger partial charge < -0.3 is 10.1 Å². The lowest BCUT2D eigenvalue weighted by atomic mass is 10.1. The summed E-state index contributed by atoms with van der Waals surface area (Å²) in [6.07, 6.45) is 3.15. The van der Waals surface area contributed by atoms with Crippen molar-refractivity contribution in [3.05, 3.63) is 76.8 Å². The molecular weight excluding hydrogens is 336 g/mol. The maximum atomic E-state index is 12.3. The molecule has 1 N–H and O–H groups in total. The largest absolute Gasteiger partial charge is 0.490 e. The van der Waals surface area contributed by atoms with Crippen LogP contribution in [0.4, 0.5) is 5.69 Å². The molecule has 2 aromatic carbocycles. The minimum absolute atomic E-state index is 0.0161. The van der Waals surface area contributed by atoms with Crippen LogP contribution in [-0.2, 0) is 4.79 Å². The molecule has 2 rings (SSSR count). The third-order valence-corrected chi connectivity index (χ3v) is 3.74. The molecule has 126 valence electrons. The molecule has 1 amide bonds. The van der Waals surface area contributed by atoms with Crippen LogP contribution in [0.2, 0.25) is 5.02 Å². The van der Waals surface area contributed by atoms with Crippen LogP contribution in [-0.4, -0.2) is 12.5 Å². The second-order valence-electron chi connectivity index (χ2n) is 5.26. The molecule has 0 aliphatic rings. The van der Waals surface area contributed by atoms with Gasteiger partial charge in [-0.25, -0.2) is 0 Å². The first-order valence-corrected chi connectivity index (χ1v) is 7.94. The number of nitrogens with one attached hydrogen (secondary N) is 1. The first-order chi connectivity index (χ1) is 12.0. The lowest BCUT2D eigenvalue weighted by Gasteiger charge is -2.07. The van der Waals surface area contributed by atoms with E-state index in [0.29, 0.717) is 28.6 Å². The van der Waals surface area contributed by atoms with Crippen LogP contribution in [0.1, 0.15) is 11.1 Å². The van der Waals surface area contributed by atoms with Gasteiger partial charge in [0.2, 0.25) is 0 Å². The normalized spacial score (nSPS) is 10.7. The highest BCUT2D eigenvalue weighted by molar-refractivity contribution is 6.31. The van der Waals surface area contributed by atoms with Crippen LogP contribution in [0.5, 0.6) is 5.75 Å². The topological polar surface area (TPSA) is 62.1 Å². The van der Waals surface area contributed by atoms with Crippen LogP contribution >= 0.6 is 11.6 Å². The molecule has 25 heavy (non-hydrogen) atoms. The summed E-state index contributed by atoms with van der Waals surface area (Å²) in [5, 5.41) is 12.5. The summed E-state index contributed by atoms with van der Waals surface area (Å²) in [6.45, 7) is 5.85. The Labute approximate surface area is 152 Å². The maximum absolute atomic E-state index is 12.3. The Morgan fingerprint density at radius 2 is 2.16 bits per heavy atom. The summed E-state index contributed by atoms with van der Waals surface area (Å²) in [4.78, 5) is 12.3.